The summed E-state index contributed by atoms with van der Waals surface area (Å²) in [6.07, 6.45) is 0.741. The second-order valence-corrected chi connectivity index (χ2v) is 7.71. The minimum absolute atomic E-state index is 0.0328. The van der Waals surface area contributed by atoms with Crippen LogP contribution in [0.2, 0.25) is 0 Å². The van der Waals surface area contributed by atoms with Crippen LogP contribution in [0.25, 0.3) is 11.0 Å². The average Bonchev–Trinajstić information content (AvgIpc) is 3.09. The third kappa shape index (κ3) is 4.07. The predicted octanol–water partition coefficient (Wildman–Crippen LogP) is 5.92. The van der Waals surface area contributed by atoms with E-state index in [1.165, 1.54) is 6.07 Å². The first kappa shape index (κ1) is 21.5. The normalized spacial score (nSPS) is 16.9. The lowest BCUT2D eigenvalue weighted by molar-refractivity contribution is -0.158. The maximum Gasteiger partial charge on any atom is 0.437 e. The molecule has 0 amide bonds. The van der Waals surface area contributed by atoms with Gasteiger partial charge in [0.2, 0.25) is 5.60 Å². The third-order valence-electron chi connectivity index (χ3n) is 5.52. The van der Waals surface area contributed by atoms with Gasteiger partial charge in [-0.05, 0) is 50.2 Å². The molecule has 1 fully saturated rings. The van der Waals surface area contributed by atoms with E-state index in [-0.39, 0.29) is 11.0 Å². The summed E-state index contributed by atoms with van der Waals surface area (Å²) in [5.41, 5.74) is -1.33. The van der Waals surface area contributed by atoms with Crippen LogP contribution in [0.3, 0.4) is 0 Å². The number of fused-ring (bicyclic) bond motifs is 1. The van der Waals surface area contributed by atoms with Crippen molar-refractivity contribution in [2.75, 3.05) is 0 Å². The van der Waals surface area contributed by atoms with Gasteiger partial charge in [-0.3, -0.25) is 0 Å². The average molecular weight is 413 g/mol. The Morgan fingerprint density at radius 1 is 1.21 bits per heavy atom. The maximum atomic E-state index is 13.4. The van der Waals surface area contributed by atoms with Crippen molar-refractivity contribution in [2.24, 2.45) is 0 Å². The number of rotatable bonds is 7. The van der Waals surface area contributed by atoms with Gasteiger partial charge in [-0.25, -0.2) is 4.79 Å². The van der Waals surface area contributed by atoms with Crippen molar-refractivity contribution in [2.45, 2.75) is 83.4 Å². The number of ether oxygens (including phenoxy) is 1. The molecule has 8 heteroatoms. The summed E-state index contributed by atoms with van der Waals surface area (Å²) in [5, 5.41) is 13.1. The minimum Gasteiger partial charge on any atom is -0.478 e. The number of benzene rings is 1. The van der Waals surface area contributed by atoms with Crippen molar-refractivity contribution in [3.63, 3.8) is 0 Å². The molecule has 1 heterocycles. The van der Waals surface area contributed by atoms with Gasteiger partial charge in [0.15, 0.2) is 11.3 Å². The maximum absolute atomic E-state index is 13.4. The number of hydrogen-bond acceptors (Lipinski definition) is 4. The van der Waals surface area contributed by atoms with E-state index < -0.39 is 23.4 Å². The Labute approximate surface area is 167 Å². The van der Waals surface area contributed by atoms with Crippen LogP contribution in [0, 0.1) is 0 Å². The van der Waals surface area contributed by atoms with Crippen molar-refractivity contribution in [3.05, 3.63) is 22.9 Å². The zero-order valence-corrected chi connectivity index (χ0v) is 16.7. The van der Waals surface area contributed by atoms with Gasteiger partial charge in [0.25, 0.3) is 0 Å². The van der Waals surface area contributed by atoms with Crippen LogP contribution in [0.1, 0.15) is 75.6 Å². The van der Waals surface area contributed by atoms with E-state index in [0.717, 1.165) is 19.3 Å². The number of aryl methyl sites for hydroxylation is 2. The van der Waals surface area contributed by atoms with Crippen LogP contribution in [-0.2, 0) is 23.8 Å². The molecule has 0 bridgehead atoms. The Morgan fingerprint density at radius 3 is 2.41 bits per heavy atom. The number of halogens is 3. The summed E-state index contributed by atoms with van der Waals surface area (Å²) < 4.78 is 51.5. The smallest absolute Gasteiger partial charge is 0.437 e. The molecule has 0 saturated heterocycles. The second kappa shape index (κ2) is 8.24. The molecule has 5 nitrogen and oxygen atoms in total. The highest BCUT2D eigenvalue weighted by Gasteiger charge is 2.44. The molecular weight excluding hydrogens is 387 g/mol. The molecule has 1 aliphatic rings. The predicted molar refractivity (Wildman–Crippen MR) is 101 cm³/mol. The summed E-state index contributed by atoms with van der Waals surface area (Å²) in [5.74, 6) is -0.675. The highest BCUT2D eigenvalue weighted by Crippen LogP contribution is 2.43. The molecule has 0 spiro atoms. The van der Waals surface area contributed by atoms with E-state index in [1.54, 1.807) is 0 Å². The fraction of sp³-hybridized carbons (Fsp3) is 0.619. The SMILES string of the molecule is CCCc1cc2c(C(F)(F)F)noc2c(CCC)c1OC1(C(=O)O)CCCCC1. The molecule has 29 heavy (non-hydrogen) atoms. The molecule has 1 aromatic heterocycles. The van der Waals surface area contributed by atoms with Crippen molar-refractivity contribution in [3.8, 4) is 5.75 Å². The summed E-state index contributed by atoms with van der Waals surface area (Å²) >= 11 is 0. The minimum atomic E-state index is -4.63. The van der Waals surface area contributed by atoms with Crippen molar-refractivity contribution < 1.29 is 32.3 Å². The number of carboxylic acids is 1. The van der Waals surface area contributed by atoms with Crippen molar-refractivity contribution in [1.82, 2.24) is 5.16 Å². The van der Waals surface area contributed by atoms with E-state index in [9.17, 15) is 23.1 Å². The Hall–Kier alpha value is -2.25. The lowest BCUT2D eigenvalue weighted by Gasteiger charge is -2.35. The Bertz CT molecular complexity index is 882. The molecule has 0 unspecified atom stereocenters. The quantitative estimate of drug-likeness (QED) is 0.610. The number of alkyl halides is 3. The summed E-state index contributed by atoms with van der Waals surface area (Å²) in [6, 6.07) is 1.41. The molecule has 1 aliphatic carbocycles. The third-order valence-corrected chi connectivity index (χ3v) is 5.52. The topological polar surface area (TPSA) is 72.6 Å². The van der Waals surface area contributed by atoms with Gasteiger partial charge in [-0.1, -0.05) is 38.3 Å². The molecule has 1 aromatic carbocycles. The Kier molecular flexibility index (Phi) is 6.10. The Morgan fingerprint density at radius 2 is 1.86 bits per heavy atom. The number of carboxylic acid groups (broad SMARTS) is 1. The summed E-state index contributed by atoms with van der Waals surface area (Å²) in [6.45, 7) is 3.82. The van der Waals surface area contributed by atoms with Gasteiger partial charge in [-0.2, -0.15) is 13.2 Å². The Balaban J connectivity index is 2.22. The first-order chi connectivity index (χ1) is 13.7. The first-order valence-electron chi connectivity index (χ1n) is 10.2. The molecule has 0 atom stereocenters. The van der Waals surface area contributed by atoms with E-state index in [2.05, 4.69) is 5.16 Å². The molecule has 160 valence electrons. The fourth-order valence-corrected chi connectivity index (χ4v) is 4.13. The lowest BCUT2D eigenvalue weighted by Crippen LogP contribution is -2.46. The number of hydrogen-bond donors (Lipinski definition) is 1. The monoisotopic (exact) mass is 413 g/mol. The molecule has 0 aliphatic heterocycles. The number of aromatic nitrogens is 1. The van der Waals surface area contributed by atoms with Crippen LogP contribution in [-0.4, -0.2) is 21.8 Å². The van der Waals surface area contributed by atoms with E-state index in [1.807, 2.05) is 13.8 Å². The summed E-state index contributed by atoms with van der Waals surface area (Å²) in [4.78, 5) is 12.1. The first-order valence-corrected chi connectivity index (χ1v) is 10.2. The molecule has 0 radical (unpaired) electrons. The zero-order chi connectivity index (χ0) is 21.2. The van der Waals surface area contributed by atoms with Gasteiger partial charge in [0, 0.05) is 5.56 Å². The number of carbonyl (C=O) groups is 1. The lowest BCUT2D eigenvalue weighted by atomic mass is 9.84. The van der Waals surface area contributed by atoms with Crippen LogP contribution in [0.4, 0.5) is 13.2 Å². The zero-order valence-electron chi connectivity index (χ0n) is 16.7. The van der Waals surface area contributed by atoms with E-state index >= 15 is 0 Å². The summed E-state index contributed by atoms with van der Waals surface area (Å²) in [7, 11) is 0. The van der Waals surface area contributed by atoms with E-state index in [4.69, 9.17) is 9.26 Å². The molecule has 3 rings (SSSR count). The van der Waals surface area contributed by atoms with Crippen LogP contribution < -0.4 is 4.74 Å². The molecule has 1 N–H and O–H groups in total. The molecule has 2 aromatic rings. The molecular formula is C21H26F3NO4. The van der Waals surface area contributed by atoms with Gasteiger partial charge in [-0.15, -0.1) is 0 Å². The van der Waals surface area contributed by atoms with Gasteiger partial charge in [0.05, 0.1) is 5.39 Å². The second-order valence-electron chi connectivity index (χ2n) is 7.71. The highest BCUT2D eigenvalue weighted by atomic mass is 19.4. The molecule has 1 saturated carbocycles. The van der Waals surface area contributed by atoms with Gasteiger partial charge >= 0.3 is 12.1 Å². The fourth-order valence-electron chi connectivity index (χ4n) is 4.13. The number of nitrogens with zero attached hydrogens (tertiary/aromatic N) is 1. The van der Waals surface area contributed by atoms with Crippen molar-refractivity contribution >= 4 is 16.9 Å². The van der Waals surface area contributed by atoms with Crippen LogP contribution in [0.15, 0.2) is 10.6 Å². The number of aliphatic carboxylic acids is 1. The highest BCUT2D eigenvalue weighted by molar-refractivity contribution is 5.87. The van der Waals surface area contributed by atoms with E-state index in [0.29, 0.717) is 55.4 Å². The van der Waals surface area contributed by atoms with Gasteiger partial charge < -0.3 is 14.4 Å². The van der Waals surface area contributed by atoms with Crippen LogP contribution >= 0.6 is 0 Å². The standard InChI is InChI=1S/C21H26F3NO4/c1-3-8-13-12-15-17(29-25-18(15)21(22,23)24)14(9-4-2)16(13)28-20(19(26)27)10-6-5-7-11-20/h12H,3-11H2,1-2H3,(H,26,27). The van der Waals surface area contributed by atoms with Crippen LogP contribution in [0.5, 0.6) is 5.75 Å². The largest absolute Gasteiger partial charge is 0.478 e. The van der Waals surface area contributed by atoms with Crippen molar-refractivity contribution in [1.29, 1.82) is 0 Å². The van der Waals surface area contributed by atoms with Gasteiger partial charge in [0.1, 0.15) is 5.75 Å².